The smallest absolute Gasteiger partial charge is 0.106 e. The summed E-state index contributed by atoms with van der Waals surface area (Å²) in [6.45, 7) is 7.53. The van der Waals surface area contributed by atoms with Gasteiger partial charge in [-0.25, -0.2) is 0 Å². The van der Waals surface area contributed by atoms with Gasteiger partial charge in [0, 0.05) is 17.8 Å². The van der Waals surface area contributed by atoms with Gasteiger partial charge in [-0.15, -0.1) is 0 Å². The third-order valence-electron chi connectivity index (χ3n) is 2.71. The largest absolute Gasteiger partial charge is 0.389 e. The number of thiocarbonyl (C=S) groups is 1. The van der Waals surface area contributed by atoms with Gasteiger partial charge in [-0.1, -0.05) is 32.1 Å². The first kappa shape index (κ1) is 14.0. The first-order chi connectivity index (χ1) is 8.00. The van der Waals surface area contributed by atoms with Gasteiger partial charge in [0.25, 0.3) is 0 Å². The number of hydrogen-bond acceptors (Lipinski definition) is 2. The number of benzene rings is 1. The summed E-state index contributed by atoms with van der Waals surface area (Å²) in [5.74, 6) is 0.754. The van der Waals surface area contributed by atoms with Crippen LogP contribution in [-0.2, 0) is 0 Å². The Morgan fingerprint density at radius 3 is 2.71 bits per heavy atom. The third kappa shape index (κ3) is 4.73. The second-order valence-corrected chi connectivity index (χ2v) is 5.32. The molecule has 0 spiro atoms. The molecule has 17 heavy (non-hydrogen) atoms. The van der Waals surface area contributed by atoms with Crippen molar-refractivity contribution in [2.45, 2.75) is 33.6 Å². The minimum absolute atomic E-state index is 0.455. The van der Waals surface area contributed by atoms with Gasteiger partial charge in [-0.3, -0.25) is 0 Å². The van der Waals surface area contributed by atoms with Crippen molar-refractivity contribution in [3.05, 3.63) is 29.3 Å². The highest BCUT2D eigenvalue weighted by Crippen LogP contribution is 2.18. The molecule has 0 aliphatic heterocycles. The van der Waals surface area contributed by atoms with Crippen LogP contribution in [0.3, 0.4) is 0 Å². The molecule has 2 nitrogen and oxygen atoms in total. The number of hydrogen-bond donors (Lipinski definition) is 2. The fourth-order valence-corrected chi connectivity index (χ4v) is 1.93. The molecule has 0 amide bonds. The van der Waals surface area contributed by atoms with E-state index in [2.05, 4.69) is 32.2 Å². The van der Waals surface area contributed by atoms with E-state index < -0.39 is 0 Å². The van der Waals surface area contributed by atoms with Crippen LogP contribution in [0.4, 0.5) is 5.69 Å². The van der Waals surface area contributed by atoms with Crippen molar-refractivity contribution in [1.29, 1.82) is 0 Å². The van der Waals surface area contributed by atoms with Gasteiger partial charge in [0.2, 0.25) is 0 Å². The highest BCUT2D eigenvalue weighted by Gasteiger charge is 2.04. The Morgan fingerprint density at radius 2 is 2.12 bits per heavy atom. The number of nitrogens with one attached hydrogen (secondary N) is 1. The maximum absolute atomic E-state index is 5.71. The molecule has 0 saturated heterocycles. The average Bonchev–Trinajstić information content (AvgIpc) is 2.23. The summed E-state index contributed by atoms with van der Waals surface area (Å²) in [6, 6.07) is 6.13. The highest BCUT2D eigenvalue weighted by molar-refractivity contribution is 7.80. The lowest BCUT2D eigenvalue weighted by Gasteiger charge is -2.12. The van der Waals surface area contributed by atoms with E-state index in [0.717, 1.165) is 23.7 Å². The lowest BCUT2D eigenvalue weighted by atomic mass is 10.1. The van der Waals surface area contributed by atoms with Crippen LogP contribution in [0.25, 0.3) is 0 Å². The summed E-state index contributed by atoms with van der Waals surface area (Å²) < 4.78 is 0. The van der Waals surface area contributed by atoms with E-state index in [1.54, 1.807) is 0 Å². The minimum atomic E-state index is 0.455. The van der Waals surface area contributed by atoms with Crippen LogP contribution < -0.4 is 11.1 Å². The molecule has 0 fully saturated rings. The van der Waals surface area contributed by atoms with E-state index in [-0.39, 0.29) is 0 Å². The Labute approximate surface area is 110 Å². The van der Waals surface area contributed by atoms with Crippen molar-refractivity contribution in [3.63, 3.8) is 0 Å². The van der Waals surface area contributed by atoms with Gasteiger partial charge < -0.3 is 11.1 Å². The van der Waals surface area contributed by atoms with E-state index in [1.165, 1.54) is 18.4 Å². The van der Waals surface area contributed by atoms with Crippen LogP contribution in [-0.4, -0.2) is 11.5 Å². The summed E-state index contributed by atoms with van der Waals surface area (Å²) in [7, 11) is 0. The van der Waals surface area contributed by atoms with Crippen LogP contribution in [0.15, 0.2) is 18.2 Å². The lowest BCUT2D eigenvalue weighted by molar-refractivity contribution is 0.567. The maximum Gasteiger partial charge on any atom is 0.106 e. The fourth-order valence-electron chi connectivity index (χ4n) is 1.75. The molecule has 1 aromatic carbocycles. The number of nitrogens with two attached hydrogens (primary N) is 1. The molecule has 94 valence electrons. The maximum atomic E-state index is 5.71. The molecule has 0 heterocycles. The predicted octanol–water partition coefficient (Wildman–Crippen LogP) is 3.48. The van der Waals surface area contributed by atoms with Crippen LogP contribution in [0.5, 0.6) is 0 Å². The van der Waals surface area contributed by atoms with E-state index in [9.17, 15) is 0 Å². The van der Waals surface area contributed by atoms with Gasteiger partial charge >= 0.3 is 0 Å². The molecule has 0 unspecified atom stereocenters. The summed E-state index contributed by atoms with van der Waals surface area (Å²) >= 11 is 5.05. The average molecular weight is 250 g/mol. The van der Waals surface area contributed by atoms with Gasteiger partial charge in [0.05, 0.1) is 0 Å². The normalized spacial score (nSPS) is 10.6. The summed E-state index contributed by atoms with van der Waals surface area (Å²) in [6.07, 6.45) is 2.41. The van der Waals surface area contributed by atoms with Crippen molar-refractivity contribution < 1.29 is 0 Å². The molecular weight excluding hydrogens is 228 g/mol. The quantitative estimate of drug-likeness (QED) is 0.599. The third-order valence-corrected chi connectivity index (χ3v) is 2.93. The molecular formula is C14H22N2S. The SMILES string of the molecule is Cc1ccc(C(N)=S)c(NCCCC(C)C)c1. The summed E-state index contributed by atoms with van der Waals surface area (Å²) in [5, 5.41) is 3.42. The molecule has 0 aromatic heterocycles. The molecule has 0 bridgehead atoms. The Balaban J connectivity index is 2.62. The van der Waals surface area contributed by atoms with E-state index in [4.69, 9.17) is 18.0 Å². The molecule has 0 radical (unpaired) electrons. The van der Waals surface area contributed by atoms with Crippen LogP contribution >= 0.6 is 12.2 Å². The van der Waals surface area contributed by atoms with Crippen molar-refractivity contribution in [2.75, 3.05) is 11.9 Å². The number of rotatable bonds is 6. The Kier molecular flexibility index (Phi) is 5.42. The molecule has 3 heteroatoms. The van der Waals surface area contributed by atoms with E-state index >= 15 is 0 Å². The fraction of sp³-hybridized carbons (Fsp3) is 0.500. The zero-order valence-corrected chi connectivity index (χ0v) is 11.7. The Morgan fingerprint density at radius 1 is 1.41 bits per heavy atom. The van der Waals surface area contributed by atoms with E-state index in [0.29, 0.717) is 4.99 Å². The van der Waals surface area contributed by atoms with Gasteiger partial charge in [-0.2, -0.15) is 0 Å². The van der Waals surface area contributed by atoms with Crippen LogP contribution in [0.2, 0.25) is 0 Å². The lowest BCUT2D eigenvalue weighted by Crippen LogP contribution is -2.14. The van der Waals surface area contributed by atoms with Crippen LogP contribution in [0, 0.1) is 12.8 Å². The monoisotopic (exact) mass is 250 g/mol. The standard InChI is InChI=1S/C14H22N2S/c1-10(2)5-4-8-16-13-9-11(3)6-7-12(13)14(15)17/h6-7,9-10,16H,4-5,8H2,1-3H3,(H2,15,17). The van der Waals surface area contributed by atoms with Crippen LogP contribution in [0.1, 0.15) is 37.8 Å². The minimum Gasteiger partial charge on any atom is -0.389 e. The second-order valence-electron chi connectivity index (χ2n) is 4.88. The van der Waals surface area contributed by atoms with Crippen molar-refractivity contribution in [2.24, 2.45) is 11.7 Å². The van der Waals surface area contributed by atoms with Gasteiger partial charge in [0.1, 0.15) is 4.99 Å². The zero-order valence-electron chi connectivity index (χ0n) is 10.9. The van der Waals surface area contributed by atoms with Gasteiger partial charge in [0.15, 0.2) is 0 Å². The molecule has 0 aliphatic carbocycles. The van der Waals surface area contributed by atoms with Crippen molar-refractivity contribution in [3.8, 4) is 0 Å². The van der Waals surface area contributed by atoms with E-state index in [1.807, 2.05) is 12.1 Å². The topological polar surface area (TPSA) is 38.0 Å². The molecule has 1 rings (SSSR count). The number of anilines is 1. The zero-order chi connectivity index (χ0) is 12.8. The predicted molar refractivity (Wildman–Crippen MR) is 79.6 cm³/mol. The molecule has 0 atom stereocenters. The van der Waals surface area contributed by atoms with Crippen molar-refractivity contribution >= 4 is 22.9 Å². The van der Waals surface area contributed by atoms with Gasteiger partial charge in [-0.05, 0) is 43.4 Å². The van der Waals surface area contributed by atoms with Crippen molar-refractivity contribution in [1.82, 2.24) is 0 Å². The number of aryl methyl sites for hydroxylation is 1. The molecule has 1 aromatic rings. The first-order valence-corrected chi connectivity index (χ1v) is 6.56. The first-order valence-electron chi connectivity index (χ1n) is 6.15. The summed E-state index contributed by atoms with van der Waals surface area (Å²) in [4.78, 5) is 0.455. The Hall–Kier alpha value is -1.09. The molecule has 0 saturated carbocycles. The molecule has 3 N–H and O–H groups in total. The second kappa shape index (κ2) is 6.60. The summed E-state index contributed by atoms with van der Waals surface area (Å²) in [5.41, 5.74) is 8.92. The highest BCUT2D eigenvalue weighted by atomic mass is 32.1. The molecule has 0 aliphatic rings. The Bertz CT molecular complexity index is 386.